The van der Waals surface area contributed by atoms with Crippen molar-refractivity contribution in [3.8, 4) is 0 Å². The molecule has 3 aromatic carbocycles. The first kappa shape index (κ1) is 30.4. The van der Waals surface area contributed by atoms with Crippen LogP contribution in [0.3, 0.4) is 0 Å². The van der Waals surface area contributed by atoms with Crippen molar-refractivity contribution in [3.63, 3.8) is 0 Å². The molecule has 39 heavy (non-hydrogen) atoms. The predicted octanol–water partition coefficient (Wildman–Crippen LogP) is 5.58. The highest BCUT2D eigenvalue weighted by Gasteiger charge is 2.34. The number of benzene rings is 3. The fourth-order valence-electron chi connectivity index (χ4n) is 4.05. The Labute approximate surface area is 238 Å². The van der Waals surface area contributed by atoms with Crippen LogP contribution >= 0.6 is 23.2 Å². The lowest BCUT2D eigenvalue weighted by Gasteiger charge is -2.33. The molecule has 208 valence electrons. The fraction of sp³-hybridized carbons (Fsp3) is 0.286. The van der Waals surface area contributed by atoms with Gasteiger partial charge in [0.15, 0.2) is 0 Å². The number of carbonyl (C=O) groups is 2. The van der Waals surface area contributed by atoms with E-state index in [1.165, 1.54) is 41.3 Å². The van der Waals surface area contributed by atoms with E-state index in [-0.39, 0.29) is 28.6 Å². The van der Waals surface area contributed by atoms with Crippen LogP contribution in [-0.2, 0) is 26.2 Å². The van der Waals surface area contributed by atoms with Crippen LogP contribution < -0.4 is 9.62 Å². The summed E-state index contributed by atoms with van der Waals surface area (Å²) in [6, 6.07) is 15.2. The number of rotatable bonds is 11. The first-order valence-corrected chi connectivity index (χ1v) is 14.5. The van der Waals surface area contributed by atoms with Crippen molar-refractivity contribution in [1.82, 2.24) is 10.2 Å². The van der Waals surface area contributed by atoms with Crippen LogP contribution in [0.4, 0.5) is 10.1 Å². The zero-order chi connectivity index (χ0) is 28.7. The highest BCUT2D eigenvalue weighted by atomic mass is 35.5. The van der Waals surface area contributed by atoms with E-state index < -0.39 is 40.2 Å². The summed E-state index contributed by atoms with van der Waals surface area (Å²) in [4.78, 5) is 28.0. The molecule has 3 rings (SSSR count). The molecule has 0 aliphatic rings. The highest BCUT2D eigenvalue weighted by Crippen LogP contribution is 2.28. The Morgan fingerprint density at radius 3 is 2.26 bits per heavy atom. The lowest BCUT2D eigenvalue weighted by molar-refractivity contribution is -0.140. The average molecular weight is 595 g/mol. The Morgan fingerprint density at radius 2 is 1.67 bits per heavy atom. The van der Waals surface area contributed by atoms with E-state index in [2.05, 4.69) is 5.32 Å². The summed E-state index contributed by atoms with van der Waals surface area (Å²) in [5.41, 5.74) is 1.05. The summed E-state index contributed by atoms with van der Waals surface area (Å²) >= 11 is 12.4. The van der Waals surface area contributed by atoms with Gasteiger partial charge in [-0.05, 0) is 62.2 Å². The molecule has 0 saturated carbocycles. The van der Waals surface area contributed by atoms with Crippen LogP contribution in [0.1, 0.15) is 31.4 Å². The van der Waals surface area contributed by atoms with Crippen molar-refractivity contribution in [2.45, 2.75) is 44.7 Å². The molecule has 3 aromatic rings. The summed E-state index contributed by atoms with van der Waals surface area (Å²) in [5.74, 6) is -1.93. The minimum Gasteiger partial charge on any atom is -0.355 e. The number of hydrogen-bond acceptors (Lipinski definition) is 4. The normalized spacial score (nSPS) is 12.1. The first-order valence-electron chi connectivity index (χ1n) is 12.3. The number of carbonyl (C=O) groups excluding carboxylic acids is 2. The number of nitrogens with one attached hydrogen (secondary N) is 1. The topological polar surface area (TPSA) is 86.8 Å². The zero-order valence-corrected chi connectivity index (χ0v) is 24.2. The van der Waals surface area contributed by atoms with Crippen molar-refractivity contribution in [2.75, 3.05) is 17.4 Å². The number of aryl methyl sites for hydroxylation is 1. The SMILES string of the molecule is CCNC(=O)[C@@H](CC)N(Cc1ccc(Cl)cc1Cl)C(=O)CN(c1ccccc1F)S(=O)(=O)c1ccc(C)cc1. The van der Waals surface area contributed by atoms with Gasteiger partial charge in [-0.2, -0.15) is 0 Å². The van der Waals surface area contributed by atoms with E-state index >= 15 is 0 Å². The Bertz CT molecular complexity index is 1430. The van der Waals surface area contributed by atoms with Gasteiger partial charge < -0.3 is 10.2 Å². The van der Waals surface area contributed by atoms with Crippen molar-refractivity contribution in [2.24, 2.45) is 0 Å². The first-order chi connectivity index (χ1) is 18.5. The van der Waals surface area contributed by atoms with Gasteiger partial charge in [0.1, 0.15) is 18.4 Å². The van der Waals surface area contributed by atoms with Gasteiger partial charge in [0.25, 0.3) is 10.0 Å². The zero-order valence-electron chi connectivity index (χ0n) is 21.8. The van der Waals surface area contributed by atoms with E-state index in [9.17, 15) is 22.4 Å². The third-order valence-corrected chi connectivity index (χ3v) is 8.46. The standard InChI is InChI=1S/C28H30Cl2FN3O4S/c1-4-25(28(36)32-5-2)33(17-20-12-13-21(29)16-23(20)30)27(35)18-34(26-9-7-6-8-24(26)31)39(37,38)22-14-10-19(3)11-15-22/h6-16,25H,4-5,17-18H2,1-3H3,(H,32,36)/t25-/m1/s1. The van der Waals surface area contributed by atoms with E-state index in [4.69, 9.17) is 23.2 Å². The van der Waals surface area contributed by atoms with Gasteiger partial charge in [-0.3, -0.25) is 13.9 Å². The maximum atomic E-state index is 15.0. The number of para-hydroxylation sites is 1. The molecule has 0 unspecified atom stereocenters. The molecule has 7 nitrogen and oxygen atoms in total. The van der Waals surface area contributed by atoms with Crippen LogP contribution in [0, 0.1) is 12.7 Å². The fourth-order valence-corrected chi connectivity index (χ4v) is 5.94. The van der Waals surface area contributed by atoms with Crippen molar-refractivity contribution in [1.29, 1.82) is 0 Å². The minimum atomic E-state index is -4.37. The van der Waals surface area contributed by atoms with E-state index in [1.54, 1.807) is 45.0 Å². The van der Waals surface area contributed by atoms with E-state index in [0.29, 0.717) is 17.1 Å². The summed E-state index contributed by atoms with van der Waals surface area (Å²) < 4.78 is 43.2. The molecule has 1 N–H and O–H groups in total. The molecule has 0 radical (unpaired) electrons. The van der Waals surface area contributed by atoms with Crippen LogP contribution in [-0.4, -0.2) is 44.3 Å². The lowest BCUT2D eigenvalue weighted by Crippen LogP contribution is -2.52. The molecule has 2 amide bonds. The van der Waals surface area contributed by atoms with Crippen LogP contribution in [0.5, 0.6) is 0 Å². The van der Waals surface area contributed by atoms with Gasteiger partial charge >= 0.3 is 0 Å². The largest absolute Gasteiger partial charge is 0.355 e. The summed E-state index contributed by atoms with van der Waals surface area (Å²) in [5, 5.41) is 3.40. The smallest absolute Gasteiger partial charge is 0.264 e. The molecular formula is C28H30Cl2FN3O4S. The maximum Gasteiger partial charge on any atom is 0.264 e. The number of likely N-dealkylation sites (N-methyl/N-ethyl adjacent to an activating group) is 1. The number of anilines is 1. The molecule has 1 atom stereocenters. The van der Waals surface area contributed by atoms with Gasteiger partial charge in [0.05, 0.1) is 10.6 Å². The third-order valence-electron chi connectivity index (χ3n) is 6.10. The number of sulfonamides is 1. The van der Waals surface area contributed by atoms with Crippen LogP contribution in [0.25, 0.3) is 0 Å². The molecular weight excluding hydrogens is 564 g/mol. The monoisotopic (exact) mass is 593 g/mol. The molecule has 0 heterocycles. The van der Waals surface area contributed by atoms with Gasteiger partial charge in [0, 0.05) is 23.1 Å². The molecule has 0 spiro atoms. The maximum absolute atomic E-state index is 15.0. The van der Waals surface area contributed by atoms with E-state index in [1.807, 2.05) is 0 Å². The third kappa shape index (κ3) is 7.29. The predicted molar refractivity (Wildman–Crippen MR) is 152 cm³/mol. The quantitative estimate of drug-likeness (QED) is 0.314. The molecule has 0 saturated heterocycles. The van der Waals surface area contributed by atoms with Crippen molar-refractivity contribution in [3.05, 3.63) is 93.7 Å². The Kier molecular flexibility index (Phi) is 10.4. The van der Waals surface area contributed by atoms with Gasteiger partial charge in [-0.25, -0.2) is 12.8 Å². The van der Waals surface area contributed by atoms with Crippen molar-refractivity contribution >= 4 is 50.7 Å². The van der Waals surface area contributed by atoms with E-state index in [0.717, 1.165) is 15.9 Å². The summed E-state index contributed by atoms with van der Waals surface area (Å²) in [7, 11) is -4.37. The lowest BCUT2D eigenvalue weighted by atomic mass is 10.1. The molecule has 0 fully saturated rings. The van der Waals surface area contributed by atoms with Gasteiger partial charge in [-0.15, -0.1) is 0 Å². The van der Waals surface area contributed by atoms with Crippen molar-refractivity contribution < 1.29 is 22.4 Å². The summed E-state index contributed by atoms with van der Waals surface area (Å²) in [6.45, 7) is 4.78. The van der Waals surface area contributed by atoms with Gasteiger partial charge in [0.2, 0.25) is 11.8 Å². The average Bonchev–Trinajstić information content (AvgIpc) is 2.89. The van der Waals surface area contributed by atoms with Crippen LogP contribution in [0.15, 0.2) is 71.6 Å². The number of hydrogen-bond donors (Lipinski definition) is 1. The number of halogens is 3. The molecule has 0 bridgehead atoms. The molecule has 0 aromatic heterocycles. The number of nitrogens with zero attached hydrogens (tertiary/aromatic N) is 2. The molecule has 0 aliphatic heterocycles. The number of amides is 2. The second-order valence-corrected chi connectivity index (χ2v) is 11.6. The van der Waals surface area contributed by atoms with Crippen LogP contribution in [0.2, 0.25) is 10.0 Å². The van der Waals surface area contributed by atoms with Gasteiger partial charge in [-0.1, -0.05) is 66.0 Å². The Balaban J connectivity index is 2.09. The second-order valence-electron chi connectivity index (χ2n) is 8.85. The second kappa shape index (κ2) is 13.3. The minimum absolute atomic E-state index is 0.0971. The Hall–Kier alpha value is -3.14. The summed E-state index contributed by atoms with van der Waals surface area (Å²) in [6.07, 6.45) is 0.243. The molecule has 11 heteroatoms. The highest BCUT2D eigenvalue weighted by molar-refractivity contribution is 7.92. The Morgan fingerprint density at radius 1 is 1.00 bits per heavy atom. The molecule has 0 aliphatic carbocycles.